The van der Waals surface area contributed by atoms with Gasteiger partial charge in [0.1, 0.15) is 0 Å². The number of piperidine rings is 1. The minimum absolute atomic E-state index is 0.183. The van der Waals surface area contributed by atoms with Crippen LogP contribution in [0.15, 0.2) is 30.3 Å². The van der Waals surface area contributed by atoms with Crippen molar-refractivity contribution in [2.24, 2.45) is 5.92 Å². The third kappa shape index (κ3) is 3.88. The molecular weight excluding hydrogens is 210 g/mol. The summed E-state index contributed by atoms with van der Waals surface area (Å²) in [5, 5.41) is 0. The molecule has 0 radical (unpaired) electrons. The molecule has 2 nitrogen and oxygen atoms in total. The molecule has 1 fully saturated rings. The molecule has 2 heteroatoms. The maximum absolute atomic E-state index is 12.0. The van der Waals surface area contributed by atoms with E-state index in [0.717, 1.165) is 37.4 Å². The van der Waals surface area contributed by atoms with Crippen molar-refractivity contribution in [1.29, 1.82) is 0 Å². The maximum Gasteiger partial charge on any atom is 0.253 e. The van der Waals surface area contributed by atoms with Gasteiger partial charge in [-0.1, -0.05) is 39.0 Å². The minimum atomic E-state index is 0.183. The first-order valence-corrected chi connectivity index (χ1v) is 6.61. The molecule has 1 saturated heterocycles. The standard InChI is InChI=1S/C13H17NO.C2H6/c1-11-7-9-14(10-8-11)13(15)12-5-3-2-4-6-12;1-2/h2-6,11H,7-10H2,1H3;1-2H3. The molecule has 1 amide bonds. The first-order valence-electron chi connectivity index (χ1n) is 6.61. The molecule has 0 spiro atoms. The van der Waals surface area contributed by atoms with Gasteiger partial charge in [0, 0.05) is 18.7 Å². The molecule has 1 heterocycles. The van der Waals surface area contributed by atoms with Crippen LogP contribution in [0, 0.1) is 5.92 Å². The number of rotatable bonds is 1. The van der Waals surface area contributed by atoms with Gasteiger partial charge < -0.3 is 4.90 Å². The maximum atomic E-state index is 12.0. The summed E-state index contributed by atoms with van der Waals surface area (Å²) in [6.07, 6.45) is 2.27. The largest absolute Gasteiger partial charge is 0.339 e. The molecule has 17 heavy (non-hydrogen) atoms. The molecule has 1 aliphatic rings. The number of carbonyl (C=O) groups is 1. The number of likely N-dealkylation sites (tertiary alicyclic amines) is 1. The predicted molar refractivity (Wildman–Crippen MR) is 72.1 cm³/mol. The van der Waals surface area contributed by atoms with Crippen molar-refractivity contribution < 1.29 is 4.79 Å². The zero-order chi connectivity index (χ0) is 12.7. The normalized spacial score (nSPS) is 16.1. The number of nitrogens with zero attached hydrogens (tertiary/aromatic N) is 1. The van der Waals surface area contributed by atoms with E-state index in [1.807, 2.05) is 49.1 Å². The van der Waals surface area contributed by atoms with Crippen LogP contribution in [-0.2, 0) is 0 Å². The first kappa shape index (κ1) is 13.8. The zero-order valence-electron chi connectivity index (χ0n) is 11.1. The van der Waals surface area contributed by atoms with Crippen LogP contribution in [-0.4, -0.2) is 23.9 Å². The van der Waals surface area contributed by atoms with Crippen LogP contribution in [0.3, 0.4) is 0 Å². The number of hydrogen-bond donors (Lipinski definition) is 0. The average molecular weight is 233 g/mol. The van der Waals surface area contributed by atoms with E-state index in [4.69, 9.17) is 0 Å². The van der Waals surface area contributed by atoms with E-state index in [1.54, 1.807) is 0 Å². The topological polar surface area (TPSA) is 20.3 Å². The molecule has 0 aliphatic carbocycles. The predicted octanol–water partition coefficient (Wildman–Crippen LogP) is 3.58. The number of hydrogen-bond acceptors (Lipinski definition) is 1. The van der Waals surface area contributed by atoms with Crippen molar-refractivity contribution in [3.63, 3.8) is 0 Å². The van der Waals surface area contributed by atoms with Gasteiger partial charge in [-0.3, -0.25) is 4.79 Å². The molecular formula is C15H23NO. The van der Waals surface area contributed by atoms with E-state index in [0.29, 0.717) is 0 Å². The van der Waals surface area contributed by atoms with Gasteiger partial charge in [-0.15, -0.1) is 0 Å². The van der Waals surface area contributed by atoms with Crippen molar-refractivity contribution in [1.82, 2.24) is 4.90 Å². The Bertz CT molecular complexity index is 326. The van der Waals surface area contributed by atoms with Crippen molar-refractivity contribution in [3.05, 3.63) is 35.9 Å². The van der Waals surface area contributed by atoms with Gasteiger partial charge in [0.05, 0.1) is 0 Å². The molecule has 1 aliphatic heterocycles. The molecule has 94 valence electrons. The highest BCUT2D eigenvalue weighted by Gasteiger charge is 2.20. The second kappa shape index (κ2) is 7.10. The fourth-order valence-electron chi connectivity index (χ4n) is 1.97. The Hall–Kier alpha value is -1.31. The Balaban J connectivity index is 0.000000686. The van der Waals surface area contributed by atoms with E-state index in [9.17, 15) is 4.79 Å². The Morgan fingerprint density at radius 3 is 2.18 bits per heavy atom. The summed E-state index contributed by atoms with van der Waals surface area (Å²) in [6, 6.07) is 9.55. The van der Waals surface area contributed by atoms with E-state index in [2.05, 4.69) is 6.92 Å². The van der Waals surface area contributed by atoms with E-state index < -0.39 is 0 Å². The summed E-state index contributed by atoms with van der Waals surface area (Å²) in [5.74, 6) is 0.951. The van der Waals surface area contributed by atoms with E-state index in [-0.39, 0.29) is 5.91 Å². The lowest BCUT2D eigenvalue weighted by Crippen LogP contribution is -2.37. The summed E-state index contributed by atoms with van der Waals surface area (Å²) in [4.78, 5) is 14.0. The lowest BCUT2D eigenvalue weighted by atomic mass is 9.98. The highest BCUT2D eigenvalue weighted by Crippen LogP contribution is 2.17. The van der Waals surface area contributed by atoms with Crippen LogP contribution in [0.4, 0.5) is 0 Å². The number of carbonyl (C=O) groups excluding carboxylic acids is 1. The summed E-state index contributed by atoms with van der Waals surface area (Å²) in [5.41, 5.74) is 0.812. The Kier molecular flexibility index (Phi) is 5.75. The molecule has 1 aromatic carbocycles. The van der Waals surface area contributed by atoms with Crippen LogP contribution < -0.4 is 0 Å². The molecule has 0 unspecified atom stereocenters. The first-order chi connectivity index (χ1) is 8.27. The second-order valence-corrected chi connectivity index (χ2v) is 4.34. The quantitative estimate of drug-likeness (QED) is 0.726. The van der Waals surface area contributed by atoms with Crippen LogP contribution in [0.25, 0.3) is 0 Å². The molecule has 0 atom stereocenters. The fourth-order valence-corrected chi connectivity index (χ4v) is 1.97. The minimum Gasteiger partial charge on any atom is -0.339 e. The van der Waals surface area contributed by atoms with Gasteiger partial charge in [-0.25, -0.2) is 0 Å². The van der Waals surface area contributed by atoms with Crippen LogP contribution >= 0.6 is 0 Å². The van der Waals surface area contributed by atoms with E-state index >= 15 is 0 Å². The fraction of sp³-hybridized carbons (Fsp3) is 0.533. The Morgan fingerprint density at radius 2 is 1.65 bits per heavy atom. The van der Waals surface area contributed by atoms with Crippen molar-refractivity contribution in [3.8, 4) is 0 Å². The number of amides is 1. The molecule has 0 N–H and O–H groups in total. The van der Waals surface area contributed by atoms with Crippen molar-refractivity contribution >= 4 is 5.91 Å². The molecule has 0 bridgehead atoms. The van der Waals surface area contributed by atoms with Gasteiger partial charge in [0.2, 0.25) is 0 Å². The average Bonchev–Trinajstić information content (AvgIpc) is 2.42. The van der Waals surface area contributed by atoms with Crippen molar-refractivity contribution in [2.45, 2.75) is 33.6 Å². The molecule has 0 saturated carbocycles. The van der Waals surface area contributed by atoms with Crippen LogP contribution in [0.1, 0.15) is 44.0 Å². The molecule has 2 rings (SSSR count). The lowest BCUT2D eigenvalue weighted by molar-refractivity contribution is 0.0697. The summed E-state index contributed by atoms with van der Waals surface area (Å²) < 4.78 is 0. The van der Waals surface area contributed by atoms with Gasteiger partial charge in [0.15, 0.2) is 0 Å². The molecule has 1 aromatic rings. The SMILES string of the molecule is CC.CC1CCN(C(=O)c2ccccc2)CC1. The molecule has 0 aromatic heterocycles. The lowest BCUT2D eigenvalue weighted by Gasteiger charge is -2.30. The zero-order valence-corrected chi connectivity index (χ0v) is 11.1. The van der Waals surface area contributed by atoms with E-state index in [1.165, 1.54) is 0 Å². The smallest absolute Gasteiger partial charge is 0.253 e. The van der Waals surface area contributed by atoms with Gasteiger partial charge in [-0.05, 0) is 30.9 Å². The van der Waals surface area contributed by atoms with Crippen molar-refractivity contribution in [2.75, 3.05) is 13.1 Å². The van der Waals surface area contributed by atoms with Gasteiger partial charge >= 0.3 is 0 Å². The van der Waals surface area contributed by atoms with Crippen LogP contribution in [0.5, 0.6) is 0 Å². The van der Waals surface area contributed by atoms with Crippen LogP contribution in [0.2, 0.25) is 0 Å². The van der Waals surface area contributed by atoms with Gasteiger partial charge in [0.25, 0.3) is 5.91 Å². The Morgan fingerprint density at radius 1 is 1.12 bits per heavy atom. The number of benzene rings is 1. The Labute approximate surface area is 105 Å². The summed E-state index contributed by atoms with van der Waals surface area (Å²) in [7, 11) is 0. The summed E-state index contributed by atoms with van der Waals surface area (Å²) >= 11 is 0. The highest BCUT2D eigenvalue weighted by atomic mass is 16.2. The van der Waals surface area contributed by atoms with Gasteiger partial charge in [-0.2, -0.15) is 0 Å². The second-order valence-electron chi connectivity index (χ2n) is 4.34. The monoisotopic (exact) mass is 233 g/mol. The third-order valence-corrected chi connectivity index (χ3v) is 3.09. The summed E-state index contributed by atoms with van der Waals surface area (Å²) in [6.45, 7) is 8.08. The third-order valence-electron chi connectivity index (χ3n) is 3.09. The highest BCUT2D eigenvalue weighted by molar-refractivity contribution is 5.94.